The van der Waals surface area contributed by atoms with Crippen LogP contribution in [0.25, 0.3) is 0 Å². The zero-order valence-electron chi connectivity index (χ0n) is 13.4. The highest BCUT2D eigenvalue weighted by Crippen LogP contribution is 2.11. The summed E-state index contributed by atoms with van der Waals surface area (Å²) in [6.45, 7) is 2.12. The van der Waals surface area contributed by atoms with E-state index in [1.807, 2.05) is 35.2 Å². The van der Waals surface area contributed by atoms with Crippen LogP contribution in [0.4, 0.5) is 0 Å². The number of benzene rings is 1. The van der Waals surface area contributed by atoms with Crippen LogP contribution in [0.5, 0.6) is 0 Å². The van der Waals surface area contributed by atoms with E-state index in [0.29, 0.717) is 18.1 Å². The molecule has 1 aliphatic rings. The molecule has 5 nitrogen and oxygen atoms in total. The van der Waals surface area contributed by atoms with Crippen LogP contribution in [0.3, 0.4) is 0 Å². The van der Waals surface area contributed by atoms with Crippen molar-refractivity contribution in [1.82, 2.24) is 10.2 Å². The average Bonchev–Trinajstić information content (AvgIpc) is 2.61. The molecule has 1 unspecified atom stereocenters. The van der Waals surface area contributed by atoms with Gasteiger partial charge in [0, 0.05) is 25.7 Å². The van der Waals surface area contributed by atoms with E-state index >= 15 is 0 Å². The minimum absolute atomic E-state index is 0.0761. The lowest BCUT2D eigenvalue weighted by Gasteiger charge is -2.26. The largest absolute Gasteiger partial charge is 0.353 e. The molecule has 2 amide bonds. The number of carbonyl (C=O) groups is 2. The fourth-order valence-electron chi connectivity index (χ4n) is 2.56. The van der Waals surface area contributed by atoms with Crippen molar-refractivity contribution >= 4 is 23.6 Å². The van der Waals surface area contributed by atoms with Gasteiger partial charge in [0.15, 0.2) is 0 Å². The Bertz CT molecular complexity index is 504. The maximum atomic E-state index is 12.0. The van der Waals surface area contributed by atoms with Crippen molar-refractivity contribution in [2.24, 2.45) is 5.73 Å². The number of nitrogens with two attached hydrogens (primary N) is 1. The minimum atomic E-state index is -0.208. The van der Waals surface area contributed by atoms with Gasteiger partial charge in [-0.1, -0.05) is 30.3 Å². The number of hydrogen-bond acceptors (Lipinski definition) is 4. The van der Waals surface area contributed by atoms with Crippen LogP contribution in [0.2, 0.25) is 0 Å². The van der Waals surface area contributed by atoms with Crippen LogP contribution < -0.4 is 11.1 Å². The molecule has 1 aromatic carbocycles. The van der Waals surface area contributed by atoms with E-state index in [1.54, 1.807) is 0 Å². The second kappa shape index (κ2) is 9.57. The van der Waals surface area contributed by atoms with Crippen LogP contribution >= 0.6 is 11.8 Å². The van der Waals surface area contributed by atoms with Crippen LogP contribution in [0.15, 0.2) is 30.3 Å². The first-order valence-corrected chi connectivity index (χ1v) is 9.25. The highest BCUT2D eigenvalue weighted by Gasteiger charge is 2.16. The zero-order chi connectivity index (χ0) is 16.5. The molecule has 1 heterocycles. The molecule has 6 heteroatoms. The number of rotatable bonds is 7. The Morgan fingerprint density at radius 2 is 1.83 bits per heavy atom. The van der Waals surface area contributed by atoms with Gasteiger partial charge in [-0.15, -0.1) is 11.8 Å². The predicted octanol–water partition coefficient (Wildman–Crippen LogP) is 1.55. The molecular weight excluding hydrogens is 310 g/mol. The summed E-state index contributed by atoms with van der Waals surface area (Å²) >= 11 is 1.37. The molecule has 1 aliphatic heterocycles. The number of likely N-dealkylation sites (tertiary alicyclic amines) is 1. The second-order valence-electron chi connectivity index (χ2n) is 5.76. The van der Waals surface area contributed by atoms with Crippen LogP contribution in [0, 0.1) is 0 Å². The van der Waals surface area contributed by atoms with Crippen molar-refractivity contribution in [2.75, 3.05) is 31.1 Å². The highest BCUT2D eigenvalue weighted by molar-refractivity contribution is 8.00. The molecule has 0 aromatic heterocycles. The molecule has 3 N–H and O–H groups in total. The third-order valence-corrected chi connectivity index (χ3v) is 4.83. The van der Waals surface area contributed by atoms with Gasteiger partial charge in [-0.3, -0.25) is 9.59 Å². The van der Waals surface area contributed by atoms with Gasteiger partial charge >= 0.3 is 0 Å². The average molecular weight is 335 g/mol. The molecule has 1 saturated heterocycles. The van der Waals surface area contributed by atoms with E-state index in [9.17, 15) is 9.59 Å². The Labute approximate surface area is 142 Å². The van der Waals surface area contributed by atoms with Crippen molar-refractivity contribution < 1.29 is 9.59 Å². The molecule has 1 aromatic rings. The van der Waals surface area contributed by atoms with E-state index in [-0.39, 0.29) is 17.9 Å². The predicted molar refractivity (Wildman–Crippen MR) is 94.1 cm³/mol. The summed E-state index contributed by atoms with van der Waals surface area (Å²) in [4.78, 5) is 25.7. The Balaban J connectivity index is 1.60. The molecule has 0 radical (unpaired) electrons. The fourth-order valence-corrected chi connectivity index (χ4v) is 3.31. The first-order valence-electron chi connectivity index (χ1n) is 8.09. The Morgan fingerprint density at radius 1 is 1.13 bits per heavy atom. The van der Waals surface area contributed by atoms with E-state index in [1.165, 1.54) is 18.2 Å². The quantitative estimate of drug-likeness (QED) is 0.793. The van der Waals surface area contributed by atoms with Crippen LogP contribution in [0.1, 0.15) is 30.9 Å². The Morgan fingerprint density at radius 3 is 2.52 bits per heavy atom. The van der Waals surface area contributed by atoms with Gasteiger partial charge in [0.05, 0.1) is 11.5 Å². The lowest BCUT2D eigenvalue weighted by atomic mass is 10.1. The normalized spacial score (nSPS) is 16.0. The van der Waals surface area contributed by atoms with Crippen LogP contribution in [-0.4, -0.2) is 47.9 Å². The number of carbonyl (C=O) groups excluding carboxylic acids is 2. The number of hydrogen-bond donors (Lipinski definition) is 2. The second-order valence-corrected chi connectivity index (χ2v) is 6.74. The van der Waals surface area contributed by atoms with Gasteiger partial charge in [0.1, 0.15) is 0 Å². The van der Waals surface area contributed by atoms with Crippen molar-refractivity contribution in [2.45, 2.75) is 25.3 Å². The molecular formula is C17H25N3O2S. The number of thioether (sulfide) groups is 1. The standard InChI is InChI=1S/C17H25N3O2S/c18-15(14-7-3-1-4-8-14)11-19-16(21)12-23-13-17(22)20-9-5-2-6-10-20/h1,3-4,7-8,15H,2,5-6,9-13,18H2,(H,19,21). The van der Waals surface area contributed by atoms with E-state index in [0.717, 1.165) is 31.5 Å². The summed E-state index contributed by atoms with van der Waals surface area (Å²) < 4.78 is 0. The maximum Gasteiger partial charge on any atom is 0.232 e. The number of nitrogens with one attached hydrogen (secondary N) is 1. The summed E-state index contributed by atoms with van der Waals surface area (Å²) in [6.07, 6.45) is 3.39. The maximum absolute atomic E-state index is 12.0. The van der Waals surface area contributed by atoms with Crippen molar-refractivity contribution in [3.05, 3.63) is 35.9 Å². The number of piperidine rings is 1. The van der Waals surface area contributed by atoms with E-state index < -0.39 is 0 Å². The van der Waals surface area contributed by atoms with E-state index in [2.05, 4.69) is 5.32 Å². The van der Waals surface area contributed by atoms with E-state index in [4.69, 9.17) is 5.73 Å². The van der Waals surface area contributed by atoms with Gasteiger partial charge in [-0.25, -0.2) is 0 Å². The molecule has 0 aliphatic carbocycles. The van der Waals surface area contributed by atoms with Crippen molar-refractivity contribution in [1.29, 1.82) is 0 Å². The fraction of sp³-hybridized carbons (Fsp3) is 0.529. The smallest absolute Gasteiger partial charge is 0.232 e. The summed E-state index contributed by atoms with van der Waals surface area (Å²) in [5.41, 5.74) is 7.04. The Kier molecular flexibility index (Phi) is 7.42. The van der Waals surface area contributed by atoms with Gasteiger partial charge < -0.3 is 16.0 Å². The Hall–Kier alpha value is -1.53. The van der Waals surface area contributed by atoms with Gasteiger partial charge in [0.25, 0.3) is 0 Å². The summed E-state index contributed by atoms with van der Waals surface area (Å²) in [5, 5.41) is 2.82. The van der Waals surface area contributed by atoms with Gasteiger partial charge in [-0.05, 0) is 24.8 Å². The molecule has 23 heavy (non-hydrogen) atoms. The lowest BCUT2D eigenvalue weighted by Crippen LogP contribution is -2.37. The molecule has 1 atom stereocenters. The lowest BCUT2D eigenvalue weighted by molar-refractivity contribution is -0.129. The van der Waals surface area contributed by atoms with Gasteiger partial charge in [0.2, 0.25) is 11.8 Å². The first-order chi connectivity index (χ1) is 11.2. The molecule has 126 valence electrons. The summed E-state index contributed by atoms with van der Waals surface area (Å²) in [5.74, 6) is 0.732. The third kappa shape index (κ3) is 6.23. The zero-order valence-corrected chi connectivity index (χ0v) is 14.2. The molecule has 0 saturated carbocycles. The third-order valence-electron chi connectivity index (χ3n) is 3.91. The highest BCUT2D eigenvalue weighted by atomic mass is 32.2. The monoisotopic (exact) mass is 335 g/mol. The number of amides is 2. The topological polar surface area (TPSA) is 75.4 Å². The molecule has 0 spiro atoms. The molecule has 0 bridgehead atoms. The van der Waals surface area contributed by atoms with Crippen molar-refractivity contribution in [3.8, 4) is 0 Å². The van der Waals surface area contributed by atoms with Crippen molar-refractivity contribution in [3.63, 3.8) is 0 Å². The SMILES string of the molecule is NC(CNC(=O)CSCC(=O)N1CCCCC1)c1ccccc1. The minimum Gasteiger partial charge on any atom is -0.353 e. The van der Waals surface area contributed by atoms with Crippen LogP contribution in [-0.2, 0) is 9.59 Å². The number of nitrogens with zero attached hydrogens (tertiary/aromatic N) is 1. The molecule has 1 fully saturated rings. The van der Waals surface area contributed by atoms with Gasteiger partial charge in [-0.2, -0.15) is 0 Å². The first kappa shape index (κ1) is 17.8. The molecule has 2 rings (SSSR count). The summed E-state index contributed by atoms with van der Waals surface area (Å²) in [6, 6.07) is 9.48. The summed E-state index contributed by atoms with van der Waals surface area (Å²) in [7, 11) is 0.